The molecule has 12 heavy (non-hydrogen) atoms. The Morgan fingerprint density at radius 3 is 2.00 bits per heavy atom. The first-order valence-corrected chi connectivity index (χ1v) is 3.75. The molecule has 0 aromatic heterocycles. The molecule has 0 saturated carbocycles. The van der Waals surface area contributed by atoms with Crippen molar-refractivity contribution < 1.29 is 18.0 Å². The normalized spacial score (nSPS) is 14.1. The van der Waals surface area contributed by atoms with Crippen LogP contribution in [0.1, 0.15) is 20.3 Å². The molecule has 0 saturated heterocycles. The fourth-order valence-electron chi connectivity index (χ4n) is 1.02. The molecular weight excluding hydrogens is 171 g/mol. The Balaban J connectivity index is 4.41. The lowest BCUT2D eigenvalue weighted by Gasteiger charge is -2.27. The third-order valence-electron chi connectivity index (χ3n) is 1.67. The summed E-state index contributed by atoms with van der Waals surface area (Å²) in [6.45, 7) is 3.01. The van der Waals surface area contributed by atoms with Crippen LogP contribution in [-0.4, -0.2) is 30.1 Å². The number of hydrogen-bond donors (Lipinski definition) is 0. The zero-order valence-electron chi connectivity index (χ0n) is 7.06. The van der Waals surface area contributed by atoms with E-state index in [0.29, 0.717) is 0 Å². The van der Waals surface area contributed by atoms with Gasteiger partial charge in [0.1, 0.15) is 6.04 Å². The number of hydrogen-bond acceptors (Lipinski definition) is 1. The Labute approximate surface area is 69.3 Å². The van der Waals surface area contributed by atoms with Crippen molar-refractivity contribution in [3.05, 3.63) is 0 Å². The van der Waals surface area contributed by atoms with Crippen LogP contribution in [0.3, 0.4) is 0 Å². The summed E-state index contributed by atoms with van der Waals surface area (Å²) in [6, 6.07) is -1.64. The molecule has 0 N–H and O–H groups in total. The molecule has 1 atom stereocenters. The van der Waals surface area contributed by atoms with Crippen molar-refractivity contribution in [2.24, 2.45) is 0 Å². The van der Waals surface area contributed by atoms with Crippen LogP contribution in [0.15, 0.2) is 0 Å². The van der Waals surface area contributed by atoms with Crippen LogP contribution in [0.5, 0.6) is 0 Å². The zero-order chi connectivity index (χ0) is 9.78. The van der Waals surface area contributed by atoms with Gasteiger partial charge in [-0.1, -0.05) is 6.92 Å². The van der Waals surface area contributed by atoms with Gasteiger partial charge in [0.25, 0.3) is 0 Å². The summed E-state index contributed by atoms with van der Waals surface area (Å²) in [7, 11) is 0. The third kappa shape index (κ3) is 2.71. The molecule has 1 unspecified atom stereocenters. The van der Waals surface area contributed by atoms with Crippen LogP contribution in [0.2, 0.25) is 0 Å². The molecule has 0 aromatic carbocycles. The molecule has 72 valence electrons. The Hall–Kier alpha value is -0.740. The summed E-state index contributed by atoms with van der Waals surface area (Å²) in [5.41, 5.74) is 0. The maximum atomic E-state index is 12.1. The van der Waals surface area contributed by atoms with Crippen molar-refractivity contribution in [3.63, 3.8) is 0 Å². The van der Waals surface area contributed by atoms with Crippen LogP contribution in [0.4, 0.5) is 13.2 Å². The number of carbonyl (C=O) groups excluding carboxylic acids is 1. The van der Waals surface area contributed by atoms with Crippen molar-refractivity contribution in [3.8, 4) is 0 Å². The molecule has 0 heterocycles. The monoisotopic (exact) mass is 183 g/mol. The van der Waals surface area contributed by atoms with Gasteiger partial charge >= 0.3 is 6.18 Å². The number of nitrogens with zero attached hydrogens (tertiary/aromatic N) is 1. The van der Waals surface area contributed by atoms with Crippen LogP contribution < -0.4 is 0 Å². The average Bonchev–Trinajstić information content (AvgIpc) is 1.97. The molecule has 1 amide bonds. The minimum absolute atomic E-state index is 0.0848. The molecule has 0 rings (SSSR count). The molecule has 5 heteroatoms. The Morgan fingerprint density at radius 1 is 1.42 bits per heavy atom. The van der Waals surface area contributed by atoms with Gasteiger partial charge in [0.2, 0.25) is 6.41 Å². The largest absolute Gasteiger partial charge is 0.408 e. The molecule has 0 radical (unpaired) electrons. The summed E-state index contributed by atoms with van der Waals surface area (Å²) in [5, 5.41) is 0. The summed E-state index contributed by atoms with van der Waals surface area (Å²) < 4.78 is 36.4. The highest BCUT2D eigenvalue weighted by molar-refractivity contribution is 5.47. The van der Waals surface area contributed by atoms with Gasteiger partial charge in [0.15, 0.2) is 0 Å². The first kappa shape index (κ1) is 11.3. The summed E-state index contributed by atoms with van der Waals surface area (Å²) in [6.07, 6.45) is -4.18. The summed E-state index contributed by atoms with van der Waals surface area (Å²) in [5.74, 6) is 0. The third-order valence-corrected chi connectivity index (χ3v) is 1.67. The van der Waals surface area contributed by atoms with Crippen LogP contribution in [-0.2, 0) is 4.79 Å². The van der Waals surface area contributed by atoms with E-state index in [2.05, 4.69) is 0 Å². The zero-order valence-corrected chi connectivity index (χ0v) is 7.06. The maximum Gasteiger partial charge on any atom is 0.408 e. The maximum absolute atomic E-state index is 12.1. The highest BCUT2D eigenvalue weighted by Crippen LogP contribution is 2.25. The van der Waals surface area contributed by atoms with E-state index in [9.17, 15) is 18.0 Å². The second-order valence-electron chi connectivity index (χ2n) is 2.40. The van der Waals surface area contributed by atoms with Crippen LogP contribution in [0, 0.1) is 0 Å². The summed E-state index contributed by atoms with van der Waals surface area (Å²) >= 11 is 0. The lowest BCUT2D eigenvalue weighted by molar-refractivity contribution is -0.184. The van der Waals surface area contributed by atoms with E-state index >= 15 is 0 Å². The molecule has 0 aliphatic carbocycles. The fourth-order valence-corrected chi connectivity index (χ4v) is 1.02. The fraction of sp³-hybridized carbons (Fsp3) is 0.857. The Kier molecular flexibility index (Phi) is 4.06. The highest BCUT2D eigenvalue weighted by atomic mass is 19.4. The van der Waals surface area contributed by atoms with Crippen molar-refractivity contribution in [2.45, 2.75) is 32.5 Å². The number of carbonyl (C=O) groups is 1. The summed E-state index contributed by atoms with van der Waals surface area (Å²) in [4.78, 5) is 11.0. The molecular formula is C7H12F3NO. The van der Waals surface area contributed by atoms with Gasteiger partial charge in [-0.05, 0) is 13.3 Å². The number of halogens is 3. The molecule has 0 spiro atoms. The van der Waals surface area contributed by atoms with E-state index in [1.165, 1.54) is 13.8 Å². The van der Waals surface area contributed by atoms with Crippen molar-refractivity contribution in [1.29, 1.82) is 0 Å². The lowest BCUT2D eigenvalue weighted by Crippen LogP contribution is -2.44. The highest BCUT2D eigenvalue weighted by Gasteiger charge is 2.41. The standard InChI is InChI=1S/C7H12F3NO/c1-3-6(7(8,9)10)11(4-2)5-12/h5-6H,3-4H2,1-2H3. The quantitative estimate of drug-likeness (QED) is 0.608. The molecule has 2 nitrogen and oxygen atoms in total. The first-order valence-electron chi connectivity index (χ1n) is 3.75. The number of alkyl halides is 3. The SMILES string of the molecule is CCC(N(C=O)CC)C(F)(F)F. The van der Waals surface area contributed by atoms with Gasteiger partial charge in [-0.3, -0.25) is 4.79 Å². The average molecular weight is 183 g/mol. The molecule has 0 aliphatic heterocycles. The molecule has 0 fully saturated rings. The second-order valence-corrected chi connectivity index (χ2v) is 2.40. The minimum atomic E-state index is -4.31. The van der Waals surface area contributed by atoms with E-state index < -0.39 is 12.2 Å². The Bertz CT molecular complexity index is 146. The van der Waals surface area contributed by atoms with E-state index in [-0.39, 0.29) is 19.4 Å². The van der Waals surface area contributed by atoms with Gasteiger partial charge in [0.05, 0.1) is 0 Å². The van der Waals surface area contributed by atoms with Gasteiger partial charge in [-0.2, -0.15) is 13.2 Å². The van der Waals surface area contributed by atoms with Crippen molar-refractivity contribution in [1.82, 2.24) is 4.90 Å². The predicted molar refractivity (Wildman–Crippen MR) is 38.6 cm³/mol. The van der Waals surface area contributed by atoms with E-state index in [4.69, 9.17) is 0 Å². The Morgan fingerprint density at radius 2 is 1.92 bits per heavy atom. The number of amides is 1. The molecule has 0 bridgehead atoms. The second kappa shape index (κ2) is 4.33. The van der Waals surface area contributed by atoms with Crippen molar-refractivity contribution >= 4 is 6.41 Å². The topological polar surface area (TPSA) is 20.3 Å². The van der Waals surface area contributed by atoms with E-state index in [1.807, 2.05) is 0 Å². The predicted octanol–water partition coefficient (Wildman–Crippen LogP) is 1.81. The van der Waals surface area contributed by atoms with E-state index in [1.54, 1.807) is 0 Å². The van der Waals surface area contributed by atoms with Crippen molar-refractivity contribution in [2.75, 3.05) is 6.54 Å². The smallest absolute Gasteiger partial charge is 0.333 e. The van der Waals surface area contributed by atoms with E-state index in [0.717, 1.165) is 4.90 Å². The molecule has 0 aromatic rings. The minimum Gasteiger partial charge on any atom is -0.333 e. The molecule has 0 aliphatic rings. The lowest BCUT2D eigenvalue weighted by atomic mass is 10.2. The van der Waals surface area contributed by atoms with Gasteiger partial charge < -0.3 is 4.90 Å². The van der Waals surface area contributed by atoms with Crippen LogP contribution >= 0.6 is 0 Å². The van der Waals surface area contributed by atoms with Gasteiger partial charge in [0, 0.05) is 6.54 Å². The number of rotatable bonds is 4. The first-order chi connectivity index (χ1) is 5.47. The van der Waals surface area contributed by atoms with Crippen LogP contribution in [0.25, 0.3) is 0 Å². The van der Waals surface area contributed by atoms with Gasteiger partial charge in [-0.25, -0.2) is 0 Å². The van der Waals surface area contributed by atoms with Gasteiger partial charge in [-0.15, -0.1) is 0 Å².